The van der Waals surface area contributed by atoms with Gasteiger partial charge in [0, 0.05) is 16.9 Å². The Morgan fingerprint density at radius 2 is 1.89 bits per heavy atom. The quantitative estimate of drug-likeness (QED) is 0.462. The molecule has 0 heterocycles. The molecule has 0 spiro atoms. The topological polar surface area (TPSA) is 67.4 Å². The summed E-state index contributed by atoms with van der Waals surface area (Å²) in [5.74, 6) is 0. The maximum Gasteiger partial charge on any atom is 0.411 e. The first-order valence-electron chi connectivity index (χ1n) is 9.15. The summed E-state index contributed by atoms with van der Waals surface area (Å²) in [5, 5.41) is 6.72. The van der Waals surface area contributed by atoms with Gasteiger partial charge in [0.15, 0.2) is 0 Å². The molecule has 0 aliphatic rings. The van der Waals surface area contributed by atoms with Gasteiger partial charge in [0.1, 0.15) is 12.4 Å². The zero-order valence-corrected chi connectivity index (χ0v) is 17.4. The van der Waals surface area contributed by atoms with Gasteiger partial charge in [0.05, 0.1) is 16.6 Å². The van der Waals surface area contributed by atoms with Crippen LogP contribution in [-0.4, -0.2) is 25.0 Å². The largest absolute Gasteiger partial charge is 0.444 e. The van der Waals surface area contributed by atoms with Crippen molar-refractivity contribution < 1.29 is 14.3 Å². The summed E-state index contributed by atoms with van der Waals surface area (Å²) in [4.78, 5) is 23.2. The number of aldehydes is 1. The molecule has 2 aromatic carbocycles. The standard InChI is InChI=1S/C21H24Cl2N2O3/c1-3-4-5-18(12-24-16-7-6-15(13-26)14(2)10-16)28-21(27)25-17-8-9-19(22)20(23)11-17/h6-11,13,18,24H,3-5,12H2,1-2H3,(H,25,27). The van der Waals surface area contributed by atoms with Crippen LogP contribution >= 0.6 is 23.2 Å². The molecule has 0 aliphatic carbocycles. The predicted molar refractivity (Wildman–Crippen MR) is 115 cm³/mol. The molecule has 7 heteroatoms. The van der Waals surface area contributed by atoms with Gasteiger partial charge in [0.25, 0.3) is 0 Å². The Labute approximate surface area is 175 Å². The van der Waals surface area contributed by atoms with Crippen LogP contribution in [0.15, 0.2) is 36.4 Å². The molecule has 28 heavy (non-hydrogen) atoms. The smallest absolute Gasteiger partial charge is 0.411 e. The molecule has 5 nitrogen and oxygen atoms in total. The van der Waals surface area contributed by atoms with Crippen LogP contribution < -0.4 is 10.6 Å². The second kappa shape index (κ2) is 10.9. The molecule has 0 bridgehead atoms. The highest BCUT2D eigenvalue weighted by Crippen LogP contribution is 2.25. The van der Waals surface area contributed by atoms with Gasteiger partial charge in [0.2, 0.25) is 0 Å². The Balaban J connectivity index is 1.96. The number of rotatable bonds is 9. The minimum Gasteiger partial charge on any atom is -0.444 e. The Morgan fingerprint density at radius 1 is 1.14 bits per heavy atom. The number of aryl methyl sites for hydroxylation is 1. The van der Waals surface area contributed by atoms with Crippen molar-refractivity contribution >= 4 is 47.0 Å². The van der Waals surface area contributed by atoms with Gasteiger partial charge in [-0.05, 0) is 61.7 Å². The maximum atomic E-state index is 12.3. The zero-order chi connectivity index (χ0) is 20.5. The van der Waals surface area contributed by atoms with Crippen LogP contribution in [0.2, 0.25) is 10.0 Å². The Kier molecular flexibility index (Phi) is 8.61. The molecule has 0 saturated carbocycles. The molecule has 2 rings (SSSR count). The van der Waals surface area contributed by atoms with E-state index in [0.717, 1.165) is 36.8 Å². The number of halogens is 2. The minimum absolute atomic E-state index is 0.297. The van der Waals surface area contributed by atoms with Crippen LogP contribution in [0.25, 0.3) is 0 Å². The van der Waals surface area contributed by atoms with Gasteiger partial charge in [-0.25, -0.2) is 4.79 Å². The van der Waals surface area contributed by atoms with Gasteiger partial charge < -0.3 is 10.1 Å². The van der Waals surface area contributed by atoms with E-state index in [2.05, 4.69) is 17.6 Å². The first kappa shape index (κ1) is 22.1. The number of carbonyl (C=O) groups excluding carboxylic acids is 2. The number of carbonyl (C=O) groups is 2. The fraction of sp³-hybridized carbons (Fsp3) is 0.333. The van der Waals surface area contributed by atoms with Crippen LogP contribution in [0.5, 0.6) is 0 Å². The minimum atomic E-state index is -0.547. The molecule has 1 atom stereocenters. The van der Waals surface area contributed by atoms with Crippen molar-refractivity contribution in [2.45, 2.75) is 39.2 Å². The number of ether oxygens (including phenoxy) is 1. The van der Waals surface area contributed by atoms with Crippen LogP contribution in [-0.2, 0) is 4.74 Å². The molecular formula is C21H24Cl2N2O3. The summed E-state index contributed by atoms with van der Waals surface area (Å²) < 4.78 is 5.58. The molecule has 0 fully saturated rings. The summed E-state index contributed by atoms with van der Waals surface area (Å²) in [5.41, 5.74) is 2.94. The van der Waals surface area contributed by atoms with Crippen molar-refractivity contribution in [2.24, 2.45) is 0 Å². The van der Waals surface area contributed by atoms with Crippen molar-refractivity contribution in [3.63, 3.8) is 0 Å². The zero-order valence-electron chi connectivity index (χ0n) is 15.9. The van der Waals surface area contributed by atoms with E-state index in [4.69, 9.17) is 27.9 Å². The van der Waals surface area contributed by atoms with E-state index in [0.29, 0.717) is 27.8 Å². The SMILES string of the molecule is CCCCC(CNc1ccc(C=O)c(C)c1)OC(=O)Nc1ccc(Cl)c(Cl)c1. The molecule has 2 aromatic rings. The van der Waals surface area contributed by atoms with Crippen LogP contribution in [0.1, 0.15) is 42.1 Å². The van der Waals surface area contributed by atoms with Crippen molar-refractivity contribution in [1.29, 1.82) is 0 Å². The molecule has 0 radical (unpaired) electrons. The van der Waals surface area contributed by atoms with Crippen LogP contribution in [0, 0.1) is 6.92 Å². The van der Waals surface area contributed by atoms with Crippen LogP contribution in [0.3, 0.4) is 0 Å². The summed E-state index contributed by atoms with van der Waals surface area (Å²) >= 11 is 11.9. The normalized spacial score (nSPS) is 11.6. The lowest BCUT2D eigenvalue weighted by Crippen LogP contribution is -2.28. The molecule has 150 valence electrons. The summed E-state index contributed by atoms with van der Waals surface area (Å²) in [6.07, 6.45) is 2.67. The monoisotopic (exact) mass is 422 g/mol. The molecule has 0 saturated heterocycles. The molecule has 2 N–H and O–H groups in total. The van der Waals surface area contributed by atoms with E-state index >= 15 is 0 Å². The van der Waals surface area contributed by atoms with E-state index < -0.39 is 6.09 Å². The highest BCUT2D eigenvalue weighted by Gasteiger charge is 2.15. The van der Waals surface area contributed by atoms with Gasteiger partial charge in [-0.3, -0.25) is 10.1 Å². The molecule has 1 unspecified atom stereocenters. The van der Waals surface area contributed by atoms with Gasteiger partial charge in [-0.1, -0.05) is 36.5 Å². The summed E-state index contributed by atoms with van der Waals surface area (Å²) in [6.45, 7) is 4.43. The number of nitrogens with one attached hydrogen (secondary N) is 2. The second-order valence-corrected chi connectivity index (χ2v) is 7.31. The van der Waals surface area contributed by atoms with Gasteiger partial charge in [-0.2, -0.15) is 0 Å². The Bertz CT molecular complexity index is 827. The fourth-order valence-corrected chi connectivity index (χ4v) is 2.95. The number of hydrogen-bond donors (Lipinski definition) is 2. The van der Waals surface area contributed by atoms with Gasteiger partial charge in [-0.15, -0.1) is 0 Å². The van der Waals surface area contributed by atoms with Crippen molar-refractivity contribution in [3.8, 4) is 0 Å². The lowest BCUT2D eigenvalue weighted by Gasteiger charge is -2.19. The number of anilines is 2. The van der Waals surface area contributed by atoms with Crippen molar-refractivity contribution in [2.75, 3.05) is 17.2 Å². The molecular weight excluding hydrogens is 399 g/mol. The lowest BCUT2D eigenvalue weighted by molar-refractivity contribution is 0.110. The number of hydrogen-bond acceptors (Lipinski definition) is 4. The third-order valence-electron chi connectivity index (χ3n) is 4.25. The van der Waals surface area contributed by atoms with E-state index in [-0.39, 0.29) is 6.10 Å². The fourth-order valence-electron chi connectivity index (χ4n) is 2.66. The molecule has 0 aliphatic heterocycles. The number of unbranched alkanes of at least 4 members (excludes halogenated alkanes) is 1. The third kappa shape index (κ3) is 6.73. The van der Waals surface area contributed by atoms with Gasteiger partial charge >= 0.3 is 6.09 Å². The highest BCUT2D eigenvalue weighted by molar-refractivity contribution is 6.42. The Morgan fingerprint density at radius 3 is 2.54 bits per heavy atom. The first-order chi connectivity index (χ1) is 13.4. The number of benzene rings is 2. The summed E-state index contributed by atoms with van der Waals surface area (Å²) in [7, 11) is 0. The second-order valence-electron chi connectivity index (χ2n) is 6.49. The predicted octanol–water partition coefficient (Wildman–Crippen LogP) is 6.33. The Hall–Kier alpha value is -2.24. The average Bonchev–Trinajstić information content (AvgIpc) is 2.67. The van der Waals surface area contributed by atoms with Crippen LogP contribution in [0.4, 0.5) is 16.2 Å². The lowest BCUT2D eigenvalue weighted by atomic mass is 10.1. The first-order valence-corrected chi connectivity index (χ1v) is 9.91. The number of amides is 1. The van der Waals surface area contributed by atoms with Crippen molar-refractivity contribution in [3.05, 3.63) is 57.6 Å². The maximum absolute atomic E-state index is 12.3. The van der Waals surface area contributed by atoms with E-state index in [1.165, 1.54) is 0 Å². The molecule has 1 amide bonds. The van der Waals surface area contributed by atoms with E-state index in [1.54, 1.807) is 24.3 Å². The van der Waals surface area contributed by atoms with E-state index in [1.807, 2.05) is 19.1 Å². The van der Waals surface area contributed by atoms with Crippen molar-refractivity contribution in [1.82, 2.24) is 0 Å². The van der Waals surface area contributed by atoms with E-state index in [9.17, 15) is 9.59 Å². The summed E-state index contributed by atoms with van der Waals surface area (Å²) in [6, 6.07) is 10.3. The average molecular weight is 423 g/mol. The third-order valence-corrected chi connectivity index (χ3v) is 4.99. The highest BCUT2D eigenvalue weighted by atomic mass is 35.5. The molecule has 0 aromatic heterocycles.